The first-order chi connectivity index (χ1) is 14.2. The maximum atomic E-state index is 11.7. The Labute approximate surface area is 182 Å². The van der Waals surface area contributed by atoms with Crippen LogP contribution in [0.15, 0.2) is 18.5 Å². The van der Waals surface area contributed by atoms with Crippen molar-refractivity contribution >= 4 is 23.0 Å². The van der Waals surface area contributed by atoms with E-state index in [9.17, 15) is 9.90 Å². The van der Waals surface area contributed by atoms with Crippen LogP contribution in [0.5, 0.6) is 6.01 Å². The summed E-state index contributed by atoms with van der Waals surface area (Å²) in [5, 5.41) is 13.0. The molecule has 1 aliphatic carbocycles. The molecule has 2 aromatic heterocycles. The van der Waals surface area contributed by atoms with Crippen molar-refractivity contribution in [3.8, 4) is 17.9 Å². The van der Waals surface area contributed by atoms with Crippen LogP contribution in [0.1, 0.15) is 73.5 Å². The van der Waals surface area contributed by atoms with Crippen molar-refractivity contribution in [3.05, 3.63) is 33.8 Å². The van der Waals surface area contributed by atoms with Gasteiger partial charge in [-0.3, -0.25) is 0 Å². The van der Waals surface area contributed by atoms with Crippen LogP contribution in [-0.4, -0.2) is 33.2 Å². The number of rotatable bonds is 6. The molecule has 0 atom stereocenters. The summed E-state index contributed by atoms with van der Waals surface area (Å²) in [5.74, 6) is 5.36. The third-order valence-electron chi connectivity index (χ3n) is 4.88. The maximum absolute atomic E-state index is 11.7. The summed E-state index contributed by atoms with van der Waals surface area (Å²) in [6.07, 6.45) is 8.15. The van der Waals surface area contributed by atoms with Gasteiger partial charge in [-0.2, -0.15) is 0 Å². The molecule has 0 radical (unpaired) electrons. The second-order valence-corrected chi connectivity index (χ2v) is 9.67. The monoisotopic (exact) mass is 427 g/mol. The Bertz CT molecular complexity index is 927. The lowest BCUT2D eigenvalue weighted by atomic mass is 9.93. The van der Waals surface area contributed by atoms with Gasteiger partial charge in [-0.25, -0.2) is 14.8 Å². The molecule has 0 aliphatic heterocycles. The molecular weight excluding hydrogens is 398 g/mol. The van der Waals surface area contributed by atoms with E-state index in [4.69, 9.17) is 4.74 Å². The summed E-state index contributed by atoms with van der Waals surface area (Å²) in [6, 6.07) is 2.50. The largest absolute Gasteiger partial charge is 0.477 e. The van der Waals surface area contributed by atoms with Crippen molar-refractivity contribution in [2.75, 3.05) is 5.32 Å². The number of ether oxygens (including phenoxy) is 1. The summed E-state index contributed by atoms with van der Waals surface area (Å²) in [7, 11) is 0. The number of anilines is 1. The van der Waals surface area contributed by atoms with Gasteiger partial charge in [-0.15, -0.1) is 11.3 Å². The van der Waals surface area contributed by atoms with Gasteiger partial charge in [-0.05, 0) is 64.5 Å². The summed E-state index contributed by atoms with van der Waals surface area (Å²) >= 11 is 1.23. The third kappa shape index (κ3) is 6.20. The average molecular weight is 428 g/mol. The van der Waals surface area contributed by atoms with Gasteiger partial charge in [0, 0.05) is 23.9 Å². The molecule has 0 bridgehead atoms. The fourth-order valence-electron chi connectivity index (χ4n) is 3.25. The second kappa shape index (κ2) is 9.48. The topological polar surface area (TPSA) is 84.3 Å². The number of hydrogen-bond acceptors (Lipinski definition) is 6. The number of hydrogen-bond donors (Lipinski definition) is 2. The Balaban J connectivity index is 1.59. The molecule has 0 amide bonds. The van der Waals surface area contributed by atoms with E-state index in [-0.39, 0.29) is 17.6 Å². The van der Waals surface area contributed by atoms with E-state index in [1.807, 2.05) is 26.8 Å². The van der Waals surface area contributed by atoms with Crippen LogP contribution < -0.4 is 10.1 Å². The van der Waals surface area contributed by atoms with Gasteiger partial charge in [0.25, 0.3) is 0 Å². The molecule has 1 aliphatic rings. The van der Waals surface area contributed by atoms with E-state index in [0.717, 1.165) is 42.5 Å². The molecule has 0 unspecified atom stereocenters. The van der Waals surface area contributed by atoms with E-state index in [0.29, 0.717) is 16.6 Å². The SMILES string of the molecule is CCc1cnc(O[C@H]2CC[C@H](Nc3cc(C#CC(C)(C)C)sc3C(=O)O)CC2)nc1. The number of thiophene rings is 1. The first-order valence-electron chi connectivity index (χ1n) is 10.4. The normalized spacial score (nSPS) is 18.9. The zero-order valence-electron chi connectivity index (χ0n) is 18.0. The predicted octanol–water partition coefficient (Wildman–Crippen LogP) is 5.00. The first-order valence-corrected chi connectivity index (χ1v) is 11.2. The van der Waals surface area contributed by atoms with E-state index in [2.05, 4.69) is 34.0 Å². The molecule has 1 saturated carbocycles. The predicted molar refractivity (Wildman–Crippen MR) is 119 cm³/mol. The first kappa shape index (κ1) is 22.1. The summed E-state index contributed by atoms with van der Waals surface area (Å²) in [4.78, 5) is 21.3. The van der Waals surface area contributed by atoms with Gasteiger partial charge in [-0.1, -0.05) is 18.8 Å². The fourth-order valence-corrected chi connectivity index (χ4v) is 4.06. The van der Waals surface area contributed by atoms with E-state index < -0.39 is 5.97 Å². The van der Waals surface area contributed by atoms with E-state index in [1.165, 1.54) is 11.3 Å². The summed E-state index contributed by atoms with van der Waals surface area (Å²) in [6.45, 7) is 8.18. The van der Waals surface area contributed by atoms with Crippen molar-refractivity contribution in [2.45, 2.75) is 71.9 Å². The molecule has 2 heterocycles. The van der Waals surface area contributed by atoms with Gasteiger partial charge in [0.2, 0.25) is 0 Å². The molecule has 1 fully saturated rings. The summed E-state index contributed by atoms with van der Waals surface area (Å²) < 4.78 is 5.92. The highest BCUT2D eigenvalue weighted by molar-refractivity contribution is 7.15. The van der Waals surface area contributed by atoms with Gasteiger partial charge in [0.05, 0.1) is 10.6 Å². The molecule has 7 heteroatoms. The van der Waals surface area contributed by atoms with Crippen molar-refractivity contribution in [3.63, 3.8) is 0 Å². The molecule has 0 spiro atoms. The molecule has 2 N–H and O–H groups in total. The second-order valence-electron chi connectivity index (χ2n) is 8.62. The molecular formula is C23H29N3O3S. The Hall–Kier alpha value is -2.59. The van der Waals surface area contributed by atoms with Gasteiger partial charge >= 0.3 is 12.0 Å². The number of carbonyl (C=O) groups is 1. The number of carboxylic acids is 1. The lowest BCUT2D eigenvalue weighted by Crippen LogP contribution is -2.31. The smallest absolute Gasteiger partial charge is 0.348 e. The Morgan fingerprint density at radius 2 is 1.93 bits per heavy atom. The summed E-state index contributed by atoms with van der Waals surface area (Å²) in [5.41, 5.74) is 1.63. The lowest BCUT2D eigenvalue weighted by molar-refractivity contribution is 0.0703. The standard InChI is InChI=1S/C23H29N3O3S/c1-5-15-13-24-22(25-14-15)29-17-8-6-16(7-9-17)26-19-12-18(10-11-23(2,3)4)30-20(19)21(27)28/h12-14,16-17,26H,5-9H2,1-4H3,(H,27,28)/t16-,17-. The van der Waals surface area contributed by atoms with Crippen molar-refractivity contribution in [1.82, 2.24) is 9.97 Å². The number of nitrogens with one attached hydrogen (secondary N) is 1. The highest BCUT2D eigenvalue weighted by Crippen LogP contribution is 2.31. The lowest BCUT2D eigenvalue weighted by Gasteiger charge is -2.29. The van der Waals surface area contributed by atoms with Crippen LogP contribution in [-0.2, 0) is 6.42 Å². The zero-order valence-corrected chi connectivity index (χ0v) is 18.8. The number of aromatic nitrogens is 2. The zero-order chi connectivity index (χ0) is 21.7. The average Bonchev–Trinajstić information content (AvgIpc) is 3.11. The molecule has 160 valence electrons. The number of aromatic carboxylic acids is 1. The van der Waals surface area contributed by atoms with Crippen molar-refractivity contribution in [1.29, 1.82) is 0 Å². The van der Waals surface area contributed by atoms with Crippen LogP contribution >= 0.6 is 11.3 Å². The van der Waals surface area contributed by atoms with Crippen LogP contribution in [0.2, 0.25) is 0 Å². The minimum Gasteiger partial charge on any atom is -0.477 e. The number of aryl methyl sites for hydroxylation is 1. The van der Waals surface area contributed by atoms with Crippen LogP contribution in [0.3, 0.4) is 0 Å². The Morgan fingerprint density at radius 1 is 1.27 bits per heavy atom. The molecule has 30 heavy (non-hydrogen) atoms. The maximum Gasteiger partial charge on any atom is 0.348 e. The molecule has 6 nitrogen and oxygen atoms in total. The fraction of sp³-hybridized carbons (Fsp3) is 0.522. The minimum absolute atomic E-state index is 0.0881. The van der Waals surface area contributed by atoms with E-state index in [1.54, 1.807) is 12.4 Å². The minimum atomic E-state index is -0.920. The number of carboxylic acid groups (broad SMARTS) is 1. The molecule has 3 rings (SSSR count). The molecule has 0 aromatic carbocycles. The number of nitrogens with zero attached hydrogens (tertiary/aromatic N) is 2. The highest BCUT2D eigenvalue weighted by atomic mass is 32.1. The van der Waals surface area contributed by atoms with Crippen LogP contribution in [0.25, 0.3) is 0 Å². The quantitative estimate of drug-likeness (QED) is 0.631. The van der Waals surface area contributed by atoms with Crippen molar-refractivity contribution in [2.24, 2.45) is 5.41 Å². The van der Waals surface area contributed by atoms with Gasteiger partial charge < -0.3 is 15.2 Å². The van der Waals surface area contributed by atoms with Crippen LogP contribution in [0, 0.1) is 17.3 Å². The van der Waals surface area contributed by atoms with Crippen LogP contribution in [0.4, 0.5) is 5.69 Å². The highest BCUT2D eigenvalue weighted by Gasteiger charge is 2.25. The van der Waals surface area contributed by atoms with Gasteiger partial charge in [0.15, 0.2) is 0 Å². The Morgan fingerprint density at radius 3 is 2.50 bits per heavy atom. The van der Waals surface area contributed by atoms with Crippen molar-refractivity contribution < 1.29 is 14.6 Å². The molecule has 2 aromatic rings. The third-order valence-corrected chi connectivity index (χ3v) is 5.92. The molecule has 0 saturated heterocycles. The van der Waals surface area contributed by atoms with Gasteiger partial charge in [0.1, 0.15) is 11.0 Å². The van der Waals surface area contributed by atoms with E-state index >= 15 is 0 Å². The Kier molecular flexibility index (Phi) is 6.99.